The summed E-state index contributed by atoms with van der Waals surface area (Å²) in [6.07, 6.45) is 2.41. The van der Waals surface area contributed by atoms with Gasteiger partial charge in [0.05, 0.1) is 27.4 Å². The molecule has 4 rings (SSSR count). The number of thiazole rings is 1. The van der Waals surface area contributed by atoms with E-state index in [9.17, 15) is 9.59 Å². The van der Waals surface area contributed by atoms with Crippen molar-refractivity contribution in [2.45, 2.75) is 26.3 Å². The summed E-state index contributed by atoms with van der Waals surface area (Å²) in [4.78, 5) is 33.4. The average Bonchev–Trinajstić information content (AvgIpc) is 3.05. The molecule has 0 aliphatic carbocycles. The standard InChI is InChI=1S/C20H18N4O2S/c1-13-8-9-16-17(11-13)27-20(22-16)23-18(25)7-4-10-24-12-21-15-6-3-2-5-14(15)19(24)26/h2-3,5-6,8-9,11-12H,4,7,10H2,1H3,(H,22,23,25). The molecule has 2 aromatic carbocycles. The molecule has 2 heterocycles. The molecular formula is C20H18N4O2S. The van der Waals surface area contributed by atoms with E-state index in [2.05, 4.69) is 21.4 Å². The summed E-state index contributed by atoms with van der Waals surface area (Å²) in [7, 11) is 0. The molecule has 2 aromatic heterocycles. The summed E-state index contributed by atoms with van der Waals surface area (Å²) < 4.78 is 2.61. The lowest BCUT2D eigenvalue weighted by atomic mass is 10.2. The van der Waals surface area contributed by atoms with Crippen molar-refractivity contribution in [2.75, 3.05) is 5.32 Å². The van der Waals surface area contributed by atoms with Crippen molar-refractivity contribution >= 4 is 43.5 Å². The molecule has 0 aliphatic heterocycles. The van der Waals surface area contributed by atoms with Gasteiger partial charge < -0.3 is 5.32 Å². The van der Waals surface area contributed by atoms with Crippen molar-refractivity contribution in [3.05, 3.63) is 64.7 Å². The van der Waals surface area contributed by atoms with E-state index in [0.717, 1.165) is 10.2 Å². The normalized spacial score (nSPS) is 11.1. The highest BCUT2D eigenvalue weighted by Gasteiger charge is 2.09. The van der Waals surface area contributed by atoms with Gasteiger partial charge >= 0.3 is 0 Å². The predicted octanol–water partition coefficient (Wildman–Crippen LogP) is 3.73. The van der Waals surface area contributed by atoms with Crippen molar-refractivity contribution in [3.8, 4) is 0 Å². The predicted molar refractivity (Wildman–Crippen MR) is 108 cm³/mol. The third-order valence-electron chi connectivity index (χ3n) is 4.32. The van der Waals surface area contributed by atoms with Gasteiger partial charge in [-0.25, -0.2) is 9.97 Å². The summed E-state index contributed by atoms with van der Waals surface area (Å²) in [6.45, 7) is 2.48. The Hall–Kier alpha value is -3.06. The lowest BCUT2D eigenvalue weighted by Gasteiger charge is -2.06. The number of carbonyl (C=O) groups is 1. The van der Waals surface area contributed by atoms with Gasteiger partial charge in [0.1, 0.15) is 0 Å². The lowest BCUT2D eigenvalue weighted by Crippen LogP contribution is -2.21. The number of para-hydroxylation sites is 1. The van der Waals surface area contributed by atoms with E-state index in [1.807, 2.05) is 37.3 Å². The summed E-state index contributed by atoms with van der Waals surface area (Å²) in [6, 6.07) is 13.3. The van der Waals surface area contributed by atoms with E-state index >= 15 is 0 Å². The van der Waals surface area contributed by atoms with Crippen LogP contribution < -0.4 is 10.9 Å². The van der Waals surface area contributed by atoms with Crippen molar-refractivity contribution in [1.29, 1.82) is 0 Å². The summed E-state index contributed by atoms with van der Waals surface area (Å²) >= 11 is 1.47. The van der Waals surface area contributed by atoms with Crippen LogP contribution in [0, 0.1) is 6.92 Å². The lowest BCUT2D eigenvalue weighted by molar-refractivity contribution is -0.116. The number of amides is 1. The van der Waals surface area contributed by atoms with Gasteiger partial charge in [0, 0.05) is 13.0 Å². The van der Waals surface area contributed by atoms with E-state index in [4.69, 9.17) is 0 Å². The molecule has 0 saturated carbocycles. The third-order valence-corrected chi connectivity index (χ3v) is 5.26. The number of nitrogens with zero attached hydrogens (tertiary/aromatic N) is 3. The molecule has 7 heteroatoms. The van der Waals surface area contributed by atoms with Gasteiger partial charge in [-0.15, -0.1) is 0 Å². The second kappa shape index (κ2) is 7.28. The van der Waals surface area contributed by atoms with Crippen LogP contribution in [0.2, 0.25) is 0 Å². The fourth-order valence-electron chi connectivity index (χ4n) is 2.94. The molecule has 136 valence electrons. The Labute approximate surface area is 159 Å². The summed E-state index contributed by atoms with van der Waals surface area (Å²) in [5.74, 6) is -0.104. The summed E-state index contributed by atoms with van der Waals surface area (Å²) in [5, 5.41) is 4.04. The van der Waals surface area contributed by atoms with Crippen LogP contribution in [0.4, 0.5) is 5.13 Å². The van der Waals surface area contributed by atoms with Crippen LogP contribution in [0.3, 0.4) is 0 Å². The number of rotatable bonds is 5. The number of nitrogens with one attached hydrogen (secondary N) is 1. The zero-order valence-electron chi connectivity index (χ0n) is 14.8. The van der Waals surface area contributed by atoms with Gasteiger partial charge in [0.15, 0.2) is 5.13 Å². The monoisotopic (exact) mass is 378 g/mol. The molecule has 0 aliphatic rings. The third kappa shape index (κ3) is 3.73. The van der Waals surface area contributed by atoms with Gasteiger partial charge in [0.25, 0.3) is 5.56 Å². The molecule has 0 bridgehead atoms. The van der Waals surface area contributed by atoms with Gasteiger partial charge in [-0.3, -0.25) is 14.2 Å². The van der Waals surface area contributed by atoms with Crippen LogP contribution in [-0.2, 0) is 11.3 Å². The van der Waals surface area contributed by atoms with Crippen molar-refractivity contribution in [3.63, 3.8) is 0 Å². The van der Waals surface area contributed by atoms with Gasteiger partial charge in [-0.05, 0) is 43.2 Å². The molecule has 6 nitrogen and oxygen atoms in total. The first-order valence-electron chi connectivity index (χ1n) is 8.71. The molecule has 1 N–H and O–H groups in total. The first-order valence-corrected chi connectivity index (χ1v) is 9.53. The Bertz CT molecular complexity index is 1200. The molecule has 4 aromatic rings. The first-order chi connectivity index (χ1) is 13.1. The van der Waals surface area contributed by atoms with Gasteiger partial charge in [-0.2, -0.15) is 0 Å². The average molecular weight is 378 g/mol. The van der Waals surface area contributed by atoms with Crippen LogP contribution in [-0.4, -0.2) is 20.4 Å². The van der Waals surface area contributed by atoms with E-state index in [1.165, 1.54) is 16.9 Å². The second-order valence-electron chi connectivity index (χ2n) is 6.40. The minimum atomic E-state index is -0.104. The highest BCUT2D eigenvalue weighted by Crippen LogP contribution is 2.26. The smallest absolute Gasteiger partial charge is 0.261 e. The van der Waals surface area contributed by atoms with Crippen LogP contribution in [0.25, 0.3) is 21.1 Å². The Balaban J connectivity index is 1.38. The Morgan fingerprint density at radius 1 is 1.19 bits per heavy atom. The molecule has 0 saturated heterocycles. The quantitative estimate of drug-likeness (QED) is 0.574. The maximum atomic E-state index is 12.4. The highest BCUT2D eigenvalue weighted by molar-refractivity contribution is 7.22. The van der Waals surface area contributed by atoms with Crippen LogP contribution in [0.5, 0.6) is 0 Å². The second-order valence-corrected chi connectivity index (χ2v) is 7.43. The molecule has 0 atom stereocenters. The molecule has 0 spiro atoms. The largest absolute Gasteiger partial charge is 0.302 e. The minimum absolute atomic E-state index is 0.0810. The Morgan fingerprint density at radius 3 is 2.93 bits per heavy atom. The molecule has 27 heavy (non-hydrogen) atoms. The number of carbonyl (C=O) groups excluding carboxylic acids is 1. The zero-order chi connectivity index (χ0) is 18.8. The Kier molecular flexibility index (Phi) is 4.68. The van der Waals surface area contributed by atoms with E-state index in [-0.39, 0.29) is 11.5 Å². The number of fused-ring (bicyclic) bond motifs is 2. The SMILES string of the molecule is Cc1ccc2nc(NC(=O)CCCn3cnc4ccccc4c3=O)sc2c1. The number of aromatic nitrogens is 3. The Morgan fingerprint density at radius 2 is 2.04 bits per heavy atom. The maximum Gasteiger partial charge on any atom is 0.261 e. The minimum Gasteiger partial charge on any atom is -0.302 e. The van der Waals surface area contributed by atoms with Gasteiger partial charge in [0.2, 0.25) is 5.91 Å². The van der Waals surface area contributed by atoms with Crippen LogP contribution in [0.15, 0.2) is 53.6 Å². The van der Waals surface area contributed by atoms with Crippen molar-refractivity contribution in [1.82, 2.24) is 14.5 Å². The van der Waals surface area contributed by atoms with Crippen LogP contribution >= 0.6 is 11.3 Å². The van der Waals surface area contributed by atoms with Crippen molar-refractivity contribution < 1.29 is 4.79 Å². The van der Waals surface area contributed by atoms with E-state index < -0.39 is 0 Å². The van der Waals surface area contributed by atoms with Crippen molar-refractivity contribution in [2.24, 2.45) is 0 Å². The van der Waals surface area contributed by atoms with Crippen LogP contribution in [0.1, 0.15) is 18.4 Å². The fourth-order valence-corrected chi connectivity index (χ4v) is 3.92. The fraction of sp³-hybridized carbons (Fsp3) is 0.200. The van der Waals surface area contributed by atoms with E-state index in [0.29, 0.717) is 35.4 Å². The number of benzene rings is 2. The highest BCUT2D eigenvalue weighted by atomic mass is 32.1. The zero-order valence-corrected chi connectivity index (χ0v) is 15.6. The molecule has 0 unspecified atom stereocenters. The van der Waals surface area contributed by atoms with Gasteiger partial charge in [-0.1, -0.05) is 29.5 Å². The maximum absolute atomic E-state index is 12.4. The number of aryl methyl sites for hydroxylation is 2. The number of hydrogen-bond donors (Lipinski definition) is 1. The number of anilines is 1. The first kappa shape index (κ1) is 17.4. The molecule has 0 radical (unpaired) electrons. The number of hydrogen-bond acceptors (Lipinski definition) is 5. The molecular weight excluding hydrogens is 360 g/mol. The summed E-state index contributed by atoms with van der Waals surface area (Å²) in [5.41, 5.74) is 2.65. The van der Waals surface area contributed by atoms with E-state index in [1.54, 1.807) is 17.0 Å². The topological polar surface area (TPSA) is 76.9 Å². The molecule has 1 amide bonds. The molecule has 0 fully saturated rings.